The molecule has 2 aliphatic heterocycles. The highest BCUT2D eigenvalue weighted by Gasteiger charge is 2.40. The lowest BCUT2D eigenvalue weighted by atomic mass is 10.0. The van der Waals surface area contributed by atoms with Crippen LogP contribution < -0.4 is 0 Å². The number of likely N-dealkylation sites (tertiary alicyclic amines) is 1. The standard InChI is InChI=1S/C14H21N3O2/c1-9-13(10(2)16(3)15-9)11-5-4-7-17(11)12-6-8-19-14(12)18/h11-12H,4-8H2,1-3H3/t11-,12+/m0/s1. The Kier molecular flexibility index (Phi) is 3.09. The first-order chi connectivity index (χ1) is 9.09. The first-order valence-electron chi connectivity index (χ1n) is 7.02. The van der Waals surface area contributed by atoms with E-state index in [1.165, 1.54) is 11.3 Å². The second-order valence-corrected chi connectivity index (χ2v) is 5.58. The topological polar surface area (TPSA) is 47.4 Å². The van der Waals surface area contributed by atoms with Crippen molar-refractivity contribution in [1.29, 1.82) is 0 Å². The van der Waals surface area contributed by atoms with E-state index in [9.17, 15) is 4.79 Å². The quantitative estimate of drug-likeness (QED) is 0.758. The van der Waals surface area contributed by atoms with Crippen molar-refractivity contribution in [2.75, 3.05) is 13.2 Å². The lowest BCUT2D eigenvalue weighted by Crippen LogP contribution is -2.38. The number of hydrogen-bond acceptors (Lipinski definition) is 4. The predicted octanol–water partition coefficient (Wildman–Crippen LogP) is 1.49. The molecule has 0 aromatic carbocycles. The molecule has 5 nitrogen and oxygen atoms in total. The minimum Gasteiger partial charge on any atom is -0.464 e. The number of aryl methyl sites for hydroxylation is 2. The molecule has 19 heavy (non-hydrogen) atoms. The van der Waals surface area contributed by atoms with Gasteiger partial charge in [-0.25, -0.2) is 0 Å². The Bertz CT molecular complexity index is 509. The lowest BCUT2D eigenvalue weighted by molar-refractivity contribution is -0.142. The van der Waals surface area contributed by atoms with Gasteiger partial charge in [0.2, 0.25) is 0 Å². The maximum atomic E-state index is 11.8. The van der Waals surface area contributed by atoms with E-state index in [1.807, 2.05) is 11.7 Å². The summed E-state index contributed by atoms with van der Waals surface area (Å²) in [5.41, 5.74) is 3.60. The van der Waals surface area contributed by atoms with Crippen molar-refractivity contribution in [1.82, 2.24) is 14.7 Å². The number of ether oxygens (including phenoxy) is 1. The van der Waals surface area contributed by atoms with E-state index in [-0.39, 0.29) is 12.0 Å². The van der Waals surface area contributed by atoms with Crippen molar-refractivity contribution >= 4 is 5.97 Å². The minimum absolute atomic E-state index is 0.0495. The van der Waals surface area contributed by atoms with Crippen LogP contribution in [-0.2, 0) is 16.6 Å². The molecule has 2 fully saturated rings. The monoisotopic (exact) mass is 263 g/mol. The maximum absolute atomic E-state index is 11.8. The molecule has 3 rings (SSSR count). The van der Waals surface area contributed by atoms with Gasteiger partial charge in [-0.2, -0.15) is 5.10 Å². The van der Waals surface area contributed by atoms with Crippen LogP contribution in [0.2, 0.25) is 0 Å². The van der Waals surface area contributed by atoms with Crippen LogP contribution in [0.5, 0.6) is 0 Å². The molecule has 0 radical (unpaired) electrons. The zero-order chi connectivity index (χ0) is 13.6. The number of esters is 1. The summed E-state index contributed by atoms with van der Waals surface area (Å²) in [5, 5.41) is 4.51. The van der Waals surface area contributed by atoms with E-state index in [4.69, 9.17) is 4.74 Å². The maximum Gasteiger partial charge on any atom is 0.323 e. The van der Waals surface area contributed by atoms with Gasteiger partial charge in [0.25, 0.3) is 0 Å². The van der Waals surface area contributed by atoms with Crippen LogP contribution in [0.15, 0.2) is 0 Å². The van der Waals surface area contributed by atoms with Gasteiger partial charge in [0.15, 0.2) is 0 Å². The molecular weight excluding hydrogens is 242 g/mol. The van der Waals surface area contributed by atoms with E-state index in [0.29, 0.717) is 12.6 Å². The third kappa shape index (κ3) is 1.96. The lowest BCUT2D eigenvalue weighted by Gasteiger charge is -2.28. The van der Waals surface area contributed by atoms with Gasteiger partial charge in [-0.15, -0.1) is 0 Å². The number of hydrogen-bond donors (Lipinski definition) is 0. The van der Waals surface area contributed by atoms with Crippen molar-refractivity contribution in [3.05, 3.63) is 17.0 Å². The zero-order valence-corrected chi connectivity index (χ0v) is 11.8. The molecular formula is C14H21N3O2. The summed E-state index contributed by atoms with van der Waals surface area (Å²) in [6.07, 6.45) is 3.08. The molecule has 0 spiro atoms. The molecule has 2 aliphatic rings. The van der Waals surface area contributed by atoms with Crippen LogP contribution in [0.4, 0.5) is 0 Å². The van der Waals surface area contributed by atoms with Gasteiger partial charge in [0.1, 0.15) is 6.04 Å². The summed E-state index contributed by atoms with van der Waals surface area (Å²) in [6, 6.07) is 0.274. The number of aromatic nitrogens is 2. The second kappa shape index (κ2) is 4.63. The Labute approximate surface area is 113 Å². The van der Waals surface area contributed by atoms with Crippen molar-refractivity contribution in [2.45, 2.75) is 45.2 Å². The SMILES string of the molecule is Cc1nn(C)c(C)c1[C@@H]1CCCN1[C@@H]1CCOC1=O. The minimum atomic E-state index is -0.0499. The molecule has 1 aromatic rings. The summed E-state index contributed by atoms with van der Waals surface area (Å²) < 4.78 is 7.06. The Morgan fingerprint density at radius 2 is 2.05 bits per heavy atom. The molecule has 5 heteroatoms. The van der Waals surface area contributed by atoms with Crippen molar-refractivity contribution in [2.24, 2.45) is 7.05 Å². The van der Waals surface area contributed by atoms with Crippen molar-refractivity contribution in [3.8, 4) is 0 Å². The molecule has 3 heterocycles. The number of carbonyl (C=O) groups is 1. The van der Waals surface area contributed by atoms with E-state index >= 15 is 0 Å². The molecule has 2 atom stereocenters. The number of rotatable bonds is 2. The molecule has 0 unspecified atom stereocenters. The molecule has 2 saturated heterocycles. The summed E-state index contributed by atoms with van der Waals surface area (Å²) in [7, 11) is 1.98. The zero-order valence-electron chi connectivity index (χ0n) is 11.8. The summed E-state index contributed by atoms with van der Waals surface area (Å²) in [5.74, 6) is -0.0499. The summed E-state index contributed by atoms with van der Waals surface area (Å²) >= 11 is 0. The van der Waals surface area contributed by atoms with E-state index in [0.717, 1.165) is 31.5 Å². The van der Waals surface area contributed by atoms with Crippen molar-refractivity contribution in [3.63, 3.8) is 0 Å². The number of nitrogens with zero attached hydrogens (tertiary/aromatic N) is 3. The van der Waals surface area contributed by atoms with Crippen LogP contribution in [0.3, 0.4) is 0 Å². The van der Waals surface area contributed by atoms with Crippen LogP contribution in [0, 0.1) is 13.8 Å². The van der Waals surface area contributed by atoms with E-state index in [1.54, 1.807) is 0 Å². The molecule has 1 aromatic heterocycles. The average Bonchev–Trinajstić information content (AvgIpc) is 3.02. The molecule has 0 saturated carbocycles. The van der Waals surface area contributed by atoms with E-state index < -0.39 is 0 Å². The fourth-order valence-corrected chi connectivity index (χ4v) is 3.53. The highest BCUT2D eigenvalue weighted by molar-refractivity contribution is 5.77. The highest BCUT2D eigenvalue weighted by atomic mass is 16.5. The van der Waals surface area contributed by atoms with Crippen molar-refractivity contribution < 1.29 is 9.53 Å². The normalized spacial score (nSPS) is 28.1. The van der Waals surface area contributed by atoms with Gasteiger partial charge in [-0.1, -0.05) is 0 Å². The third-order valence-corrected chi connectivity index (χ3v) is 4.50. The molecule has 104 valence electrons. The van der Waals surface area contributed by atoms with Crippen LogP contribution in [0.25, 0.3) is 0 Å². The fraction of sp³-hybridized carbons (Fsp3) is 0.714. The Morgan fingerprint density at radius 3 is 2.63 bits per heavy atom. The number of cyclic esters (lactones) is 1. The Balaban J connectivity index is 1.93. The molecule has 0 N–H and O–H groups in total. The molecule has 0 amide bonds. The second-order valence-electron chi connectivity index (χ2n) is 5.58. The van der Waals surface area contributed by atoms with E-state index in [2.05, 4.69) is 23.8 Å². The van der Waals surface area contributed by atoms with Gasteiger partial charge in [-0.05, 0) is 33.2 Å². The summed E-state index contributed by atoms with van der Waals surface area (Å²) in [4.78, 5) is 14.2. The van der Waals surface area contributed by atoms with Gasteiger partial charge >= 0.3 is 5.97 Å². The average molecular weight is 263 g/mol. The molecule has 0 bridgehead atoms. The third-order valence-electron chi connectivity index (χ3n) is 4.50. The number of carbonyl (C=O) groups excluding carboxylic acids is 1. The fourth-order valence-electron chi connectivity index (χ4n) is 3.53. The first kappa shape index (κ1) is 12.7. The first-order valence-corrected chi connectivity index (χ1v) is 7.02. The smallest absolute Gasteiger partial charge is 0.323 e. The van der Waals surface area contributed by atoms with Gasteiger partial charge in [-0.3, -0.25) is 14.4 Å². The van der Waals surface area contributed by atoms with Gasteiger partial charge in [0.05, 0.1) is 12.3 Å². The molecule has 0 aliphatic carbocycles. The van der Waals surface area contributed by atoms with Gasteiger partial charge < -0.3 is 4.74 Å². The van der Waals surface area contributed by atoms with Gasteiger partial charge in [0, 0.05) is 30.8 Å². The van der Waals surface area contributed by atoms with Crippen LogP contribution in [0.1, 0.15) is 42.3 Å². The Morgan fingerprint density at radius 1 is 1.26 bits per heavy atom. The Hall–Kier alpha value is -1.36. The highest BCUT2D eigenvalue weighted by Crippen LogP contribution is 2.38. The summed E-state index contributed by atoms with van der Waals surface area (Å²) in [6.45, 7) is 5.72. The van der Waals surface area contributed by atoms with Crippen LogP contribution in [-0.4, -0.2) is 39.8 Å². The largest absolute Gasteiger partial charge is 0.464 e. The predicted molar refractivity (Wildman–Crippen MR) is 70.7 cm³/mol. The van der Waals surface area contributed by atoms with Crippen LogP contribution >= 0.6 is 0 Å².